The maximum atomic E-state index is 11.8. The quantitative estimate of drug-likeness (QED) is 0.348. The van der Waals surface area contributed by atoms with Crippen molar-refractivity contribution in [1.29, 1.82) is 0 Å². The average molecular weight is 389 g/mol. The third kappa shape index (κ3) is 4.91. The summed E-state index contributed by atoms with van der Waals surface area (Å²) in [5, 5.41) is 38.0. The molecule has 28 heavy (non-hydrogen) atoms. The molecule has 2 aromatic carbocycles. The molecule has 12 heteroatoms. The molecule has 1 amide bonds. The first kappa shape index (κ1) is 20.1. The summed E-state index contributed by atoms with van der Waals surface area (Å²) in [6.07, 6.45) is 0.871. The first-order valence-electron chi connectivity index (χ1n) is 7.68. The third-order valence-corrected chi connectivity index (χ3v) is 3.45. The number of anilines is 1. The number of amides is 1. The Bertz CT molecular complexity index is 945. The second-order valence-corrected chi connectivity index (χ2v) is 5.26. The van der Waals surface area contributed by atoms with Crippen molar-refractivity contribution in [2.45, 2.75) is 0 Å². The van der Waals surface area contributed by atoms with E-state index >= 15 is 0 Å². The van der Waals surface area contributed by atoms with E-state index in [-0.39, 0.29) is 12.1 Å². The summed E-state index contributed by atoms with van der Waals surface area (Å²) < 4.78 is 5.13. The number of ether oxygens (including phenoxy) is 1. The van der Waals surface area contributed by atoms with Crippen molar-refractivity contribution in [1.82, 2.24) is 5.43 Å². The summed E-state index contributed by atoms with van der Waals surface area (Å²) in [5.74, 6) is -0.838. The number of non-ortho nitro benzene ring substituents is 1. The first-order chi connectivity index (χ1) is 13.3. The van der Waals surface area contributed by atoms with E-state index in [0.29, 0.717) is 17.5 Å². The van der Waals surface area contributed by atoms with Crippen molar-refractivity contribution in [3.8, 4) is 11.5 Å². The first-order valence-corrected chi connectivity index (χ1v) is 7.68. The van der Waals surface area contributed by atoms with Crippen LogP contribution < -0.4 is 15.5 Å². The van der Waals surface area contributed by atoms with Crippen LogP contribution in [0.5, 0.6) is 11.5 Å². The number of nitrogens with one attached hydrogen (secondary N) is 2. The summed E-state index contributed by atoms with van der Waals surface area (Å²) in [6, 6.07) is 8.44. The number of phenols is 1. The van der Waals surface area contributed by atoms with Gasteiger partial charge in [0.1, 0.15) is 5.75 Å². The largest absolute Gasteiger partial charge is 0.502 e. The molecule has 0 aromatic heterocycles. The van der Waals surface area contributed by atoms with Crippen molar-refractivity contribution < 1.29 is 24.5 Å². The Morgan fingerprint density at radius 1 is 1.25 bits per heavy atom. The Morgan fingerprint density at radius 2 is 1.96 bits per heavy atom. The molecule has 12 nitrogen and oxygen atoms in total. The van der Waals surface area contributed by atoms with E-state index in [4.69, 9.17) is 4.74 Å². The second-order valence-electron chi connectivity index (χ2n) is 5.26. The molecule has 0 aliphatic carbocycles. The van der Waals surface area contributed by atoms with Crippen LogP contribution in [0.25, 0.3) is 0 Å². The lowest BCUT2D eigenvalue weighted by Crippen LogP contribution is -2.26. The molecule has 0 aliphatic rings. The van der Waals surface area contributed by atoms with Gasteiger partial charge in [0.25, 0.3) is 11.6 Å². The smallest absolute Gasteiger partial charge is 0.318 e. The van der Waals surface area contributed by atoms with Crippen molar-refractivity contribution in [2.24, 2.45) is 5.10 Å². The fourth-order valence-corrected chi connectivity index (χ4v) is 2.15. The van der Waals surface area contributed by atoms with Crippen LogP contribution in [0.1, 0.15) is 5.56 Å². The number of phenolic OH excluding ortho intramolecular Hbond substituents is 1. The van der Waals surface area contributed by atoms with Gasteiger partial charge in [-0.15, -0.1) is 0 Å². The van der Waals surface area contributed by atoms with Gasteiger partial charge in [-0.25, -0.2) is 5.43 Å². The molecule has 0 aliphatic heterocycles. The summed E-state index contributed by atoms with van der Waals surface area (Å²) in [7, 11) is 1.48. The number of rotatable bonds is 8. The van der Waals surface area contributed by atoms with E-state index in [9.17, 15) is 30.1 Å². The fourth-order valence-electron chi connectivity index (χ4n) is 2.15. The van der Waals surface area contributed by atoms with Crippen molar-refractivity contribution in [2.75, 3.05) is 19.0 Å². The molecule has 0 heterocycles. The maximum Gasteiger partial charge on any atom is 0.318 e. The van der Waals surface area contributed by atoms with Crippen LogP contribution in [0.3, 0.4) is 0 Å². The molecule has 0 atom stereocenters. The van der Waals surface area contributed by atoms with Crippen molar-refractivity contribution in [3.63, 3.8) is 0 Å². The van der Waals surface area contributed by atoms with E-state index < -0.39 is 32.9 Å². The minimum absolute atomic E-state index is 0.168. The molecular formula is C16H15N5O7. The number of carbonyl (C=O) groups excluding carboxylic acids is 1. The normalized spacial score (nSPS) is 10.5. The molecule has 2 rings (SSSR count). The SMILES string of the molecule is COc1ccccc1NCC(=O)N/N=C/c1cc([N+](=O)[O-])cc([N+](=O)[O-])c1O. The molecular weight excluding hydrogens is 374 g/mol. The Kier molecular flexibility index (Phi) is 6.41. The van der Waals surface area contributed by atoms with Crippen LogP contribution in [-0.2, 0) is 4.79 Å². The number of nitro groups is 2. The Balaban J connectivity index is 2.06. The van der Waals surface area contributed by atoms with E-state index in [2.05, 4.69) is 15.8 Å². The Morgan fingerprint density at radius 3 is 2.61 bits per heavy atom. The molecule has 0 radical (unpaired) electrons. The van der Waals surface area contributed by atoms with Gasteiger partial charge in [-0.1, -0.05) is 12.1 Å². The highest BCUT2D eigenvalue weighted by Crippen LogP contribution is 2.33. The highest BCUT2D eigenvalue weighted by molar-refractivity contribution is 5.88. The lowest BCUT2D eigenvalue weighted by atomic mass is 10.1. The summed E-state index contributed by atoms with van der Waals surface area (Å²) >= 11 is 0. The minimum atomic E-state index is -0.963. The van der Waals surface area contributed by atoms with Gasteiger partial charge in [0.05, 0.1) is 47.0 Å². The minimum Gasteiger partial charge on any atom is -0.502 e. The molecule has 3 N–H and O–H groups in total. The number of carbonyl (C=O) groups is 1. The molecule has 0 saturated carbocycles. The van der Waals surface area contributed by atoms with Crippen LogP contribution in [0.2, 0.25) is 0 Å². The van der Waals surface area contributed by atoms with Gasteiger partial charge >= 0.3 is 5.69 Å². The van der Waals surface area contributed by atoms with Crippen LogP contribution in [0.4, 0.5) is 17.1 Å². The topological polar surface area (TPSA) is 169 Å². The van der Waals surface area contributed by atoms with Crippen LogP contribution in [-0.4, -0.2) is 40.7 Å². The summed E-state index contributed by atoms with van der Waals surface area (Å²) in [4.78, 5) is 31.8. The number of hydrazone groups is 1. The number of para-hydroxylation sites is 2. The number of nitrogens with zero attached hydrogens (tertiary/aromatic N) is 3. The molecule has 0 unspecified atom stereocenters. The van der Waals surface area contributed by atoms with Gasteiger partial charge in [0, 0.05) is 6.07 Å². The molecule has 0 spiro atoms. The van der Waals surface area contributed by atoms with E-state index in [1.54, 1.807) is 24.3 Å². The number of aromatic hydroxyl groups is 1. The lowest BCUT2D eigenvalue weighted by molar-refractivity contribution is -0.394. The van der Waals surface area contributed by atoms with E-state index in [1.165, 1.54) is 7.11 Å². The lowest BCUT2D eigenvalue weighted by Gasteiger charge is -2.09. The average Bonchev–Trinajstić information content (AvgIpc) is 2.67. The predicted molar refractivity (Wildman–Crippen MR) is 98.6 cm³/mol. The van der Waals surface area contributed by atoms with Gasteiger partial charge in [-0.05, 0) is 12.1 Å². The Hall–Kier alpha value is -4.22. The van der Waals surface area contributed by atoms with Crippen LogP contribution >= 0.6 is 0 Å². The van der Waals surface area contributed by atoms with Crippen molar-refractivity contribution >= 4 is 29.2 Å². The standard InChI is InChI=1S/C16H15N5O7/c1-28-14-5-3-2-4-12(14)17-9-15(22)19-18-8-10-6-11(20(24)25)7-13(16(10)23)21(26)27/h2-8,17,23H,9H2,1H3,(H,19,22)/b18-8+. The molecule has 0 saturated heterocycles. The number of hydrogen-bond acceptors (Lipinski definition) is 9. The summed E-state index contributed by atoms with van der Waals surface area (Å²) in [5.41, 5.74) is 0.978. The molecule has 0 fully saturated rings. The van der Waals surface area contributed by atoms with Gasteiger partial charge < -0.3 is 15.2 Å². The molecule has 0 bridgehead atoms. The van der Waals surface area contributed by atoms with Crippen molar-refractivity contribution in [3.05, 3.63) is 62.2 Å². The van der Waals surface area contributed by atoms with Crippen LogP contribution in [0.15, 0.2) is 41.5 Å². The van der Waals surface area contributed by atoms with E-state index in [0.717, 1.165) is 12.3 Å². The zero-order valence-electron chi connectivity index (χ0n) is 14.5. The number of nitro benzene ring substituents is 2. The van der Waals surface area contributed by atoms with Crippen LogP contribution in [0, 0.1) is 20.2 Å². The third-order valence-electron chi connectivity index (χ3n) is 3.45. The second kappa shape index (κ2) is 8.93. The molecule has 2 aromatic rings. The summed E-state index contributed by atoms with van der Waals surface area (Å²) in [6.45, 7) is -0.168. The van der Waals surface area contributed by atoms with Gasteiger partial charge in [0.15, 0.2) is 0 Å². The highest BCUT2D eigenvalue weighted by Gasteiger charge is 2.23. The highest BCUT2D eigenvalue weighted by atomic mass is 16.6. The van der Waals surface area contributed by atoms with Gasteiger partial charge in [0.2, 0.25) is 5.75 Å². The zero-order chi connectivity index (χ0) is 20.7. The molecule has 146 valence electrons. The number of benzene rings is 2. The Labute approximate surface area is 157 Å². The number of hydrogen-bond donors (Lipinski definition) is 3. The monoisotopic (exact) mass is 389 g/mol. The van der Waals surface area contributed by atoms with Gasteiger partial charge in [-0.2, -0.15) is 5.10 Å². The fraction of sp³-hybridized carbons (Fsp3) is 0.125. The number of methoxy groups -OCH3 is 1. The predicted octanol–water partition coefficient (Wildman–Crippen LogP) is 1.78. The maximum absolute atomic E-state index is 11.8. The van der Waals surface area contributed by atoms with Gasteiger partial charge in [-0.3, -0.25) is 25.0 Å². The van der Waals surface area contributed by atoms with E-state index in [1.807, 2.05) is 0 Å². The zero-order valence-corrected chi connectivity index (χ0v) is 14.5.